The molecule has 1 saturated carbocycles. The molecule has 2 fully saturated rings. The minimum absolute atomic E-state index is 0.108. The maximum atomic E-state index is 13.4. The molecule has 98 valence electrons. The smallest absolute Gasteiger partial charge is 0.142 e. The maximum Gasteiger partial charge on any atom is 0.142 e. The van der Waals surface area contributed by atoms with Crippen LogP contribution in [0.3, 0.4) is 0 Å². The summed E-state index contributed by atoms with van der Waals surface area (Å²) >= 11 is 6.01. The van der Waals surface area contributed by atoms with Crippen molar-refractivity contribution in [2.45, 2.75) is 37.3 Å². The zero-order valence-electron chi connectivity index (χ0n) is 10.2. The quantitative estimate of drug-likeness (QED) is 0.916. The zero-order chi connectivity index (χ0) is 12.8. The fourth-order valence-electron chi connectivity index (χ4n) is 2.92. The first kappa shape index (κ1) is 12.4. The van der Waals surface area contributed by atoms with Crippen molar-refractivity contribution in [3.8, 4) is 0 Å². The van der Waals surface area contributed by atoms with Crippen LogP contribution in [0.2, 0.25) is 5.02 Å². The van der Waals surface area contributed by atoms with Crippen LogP contribution in [0.25, 0.3) is 0 Å². The summed E-state index contributed by atoms with van der Waals surface area (Å²) in [4.78, 5) is 0. The van der Waals surface area contributed by atoms with E-state index < -0.39 is 5.54 Å². The van der Waals surface area contributed by atoms with Gasteiger partial charge in [0.15, 0.2) is 0 Å². The van der Waals surface area contributed by atoms with Gasteiger partial charge in [-0.2, -0.15) is 0 Å². The van der Waals surface area contributed by atoms with Crippen LogP contribution in [0.5, 0.6) is 0 Å². The Hall–Kier alpha value is -0.640. The summed E-state index contributed by atoms with van der Waals surface area (Å²) in [5.74, 6) is 0.212. The lowest BCUT2D eigenvalue weighted by atomic mass is 9.83. The number of hydrogen-bond acceptors (Lipinski definition) is 2. The second kappa shape index (κ2) is 4.48. The number of halogens is 2. The summed E-state index contributed by atoms with van der Waals surface area (Å²) in [7, 11) is 0. The van der Waals surface area contributed by atoms with E-state index in [1.54, 1.807) is 6.07 Å². The van der Waals surface area contributed by atoms with E-state index in [0.29, 0.717) is 18.9 Å². The minimum atomic E-state index is -0.390. The van der Waals surface area contributed by atoms with Gasteiger partial charge in [-0.05, 0) is 43.2 Å². The third-order valence-corrected chi connectivity index (χ3v) is 4.46. The maximum absolute atomic E-state index is 13.4. The first-order chi connectivity index (χ1) is 8.60. The third-order valence-electron chi connectivity index (χ3n) is 4.03. The van der Waals surface area contributed by atoms with Gasteiger partial charge in [0.1, 0.15) is 5.82 Å². The predicted octanol–water partition coefficient (Wildman–Crippen LogP) is 2.92. The van der Waals surface area contributed by atoms with Gasteiger partial charge in [0, 0.05) is 12.1 Å². The largest absolute Gasteiger partial charge is 0.376 e. The Bertz CT molecular complexity index is 463. The van der Waals surface area contributed by atoms with E-state index in [9.17, 15) is 4.39 Å². The molecule has 2 N–H and O–H groups in total. The van der Waals surface area contributed by atoms with Crippen LogP contribution in [-0.4, -0.2) is 18.2 Å². The highest BCUT2D eigenvalue weighted by molar-refractivity contribution is 6.31. The molecule has 1 aliphatic carbocycles. The van der Waals surface area contributed by atoms with Gasteiger partial charge in [0.05, 0.1) is 11.1 Å². The molecule has 18 heavy (non-hydrogen) atoms. The van der Waals surface area contributed by atoms with E-state index in [0.717, 1.165) is 12.0 Å². The van der Waals surface area contributed by atoms with E-state index in [2.05, 4.69) is 0 Å². The molecule has 2 unspecified atom stereocenters. The van der Waals surface area contributed by atoms with Crippen molar-refractivity contribution in [2.75, 3.05) is 6.61 Å². The molecule has 0 spiro atoms. The molecule has 0 amide bonds. The molecule has 0 radical (unpaired) electrons. The molecule has 1 aromatic carbocycles. The Morgan fingerprint density at radius 1 is 1.44 bits per heavy atom. The molecule has 1 heterocycles. The molecule has 2 atom stereocenters. The average molecular weight is 270 g/mol. The summed E-state index contributed by atoms with van der Waals surface area (Å²) in [6, 6.07) is 4.91. The highest BCUT2D eigenvalue weighted by Crippen LogP contribution is 2.44. The number of hydrogen-bond donors (Lipinski definition) is 1. The highest BCUT2D eigenvalue weighted by atomic mass is 35.5. The second-order valence-corrected chi connectivity index (χ2v) is 5.88. The molecule has 1 aromatic rings. The van der Waals surface area contributed by atoms with Crippen molar-refractivity contribution in [1.29, 1.82) is 0 Å². The van der Waals surface area contributed by atoms with Gasteiger partial charge >= 0.3 is 0 Å². The van der Waals surface area contributed by atoms with E-state index in [1.165, 1.54) is 18.9 Å². The molecule has 3 rings (SSSR count). The van der Waals surface area contributed by atoms with Crippen molar-refractivity contribution in [2.24, 2.45) is 11.7 Å². The van der Waals surface area contributed by atoms with Crippen LogP contribution in [0.15, 0.2) is 18.2 Å². The second-order valence-electron chi connectivity index (χ2n) is 5.50. The first-order valence-corrected chi connectivity index (χ1v) is 6.81. The van der Waals surface area contributed by atoms with E-state index in [-0.39, 0.29) is 16.9 Å². The van der Waals surface area contributed by atoms with Crippen molar-refractivity contribution in [3.05, 3.63) is 34.6 Å². The fraction of sp³-hybridized carbons (Fsp3) is 0.571. The van der Waals surface area contributed by atoms with Crippen LogP contribution < -0.4 is 5.73 Å². The lowest BCUT2D eigenvalue weighted by Gasteiger charge is -2.30. The Morgan fingerprint density at radius 3 is 2.94 bits per heavy atom. The fourth-order valence-corrected chi connectivity index (χ4v) is 3.11. The zero-order valence-corrected chi connectivity index (χ0v) is 10.9. The summed E-state index contributed by atoms with van der Waals surface area (Å²) in [5.41, 5.74) is 6.89. The number of ether oxygens (including phenoxy) is 1. The number of benzene rings is 1. The van der Waals surface area contributed by atoms with Gasteiger partial charge in [-0.1, -0.05) is 23.7 Å². The minimum Gasteiger partial charge on any atom is -0.376 e. The highest BCUT2D eigenvalue weighted by Gasteiger charge is 2.48. The summed E-state index contributed by atoms with van der Waals surface area (Å²) in [5, 5.41) is 0.198. The van der Waals surface area contributed by atoms with E-state index in [1.807, 2.05) is 6.07 Å². The molecular weight excluding hydrogens is 253 g/mol. The Kier molecular flexibility index (Phi) is 3.08. The molecule has 4 heteroatoms. The van der Waals surface area contributed by atoms with Gasteiger partial charge in [-0.15, -0.1) is 0 Å². The summed E-state index contributed by atoms with van der Waals surface area (Å²) < 4.78 is 19.2. The SMILES string of the molecule is NC1(Cc2cccc(F)c2Cl)CCOC1C1CC1. The lowest BCUT2D eigenvalue weighted by Crippen LogP contribution is -2.50. The third kappa shape index (κ3) is 2.15. The molecule has 2 aliphatic rings. The standard InChI is InChI=1S/C14H17ClFNO/c15-12-10(2-1-3-11(12)16)8-14(17)6-7-18-13(14)9-4-5-9/h1-3,9,13H,4-8,17H2. The van der Waals surface area contributed by atoms with Crippen LogP contribution in [0.1, 0.15) is 24.8 Å². The normalized spacial score (nSPS) is 31.8. The predicted molar refractivity (Wildman–Crippen MR) is 69.1 cm³/mol. The van der Waals surface area contributed by atoms with Crippen LogP contribution >= 0.6 is 11.6 Å². The summed E-state index contributed by atoms with van der Waals surface area (Å²) in [6.07, 6.45) is 3.91. The van der Waals surface area contributed by atoms with Gasteiger partial charge < -0.3 is 10.5 Å². The van der Waals surface area contributed by atoms with Gasteiger partial charge in [0.25, 0.3) is 0 Å². The van der Waals surface area contributed by atoms with E-state index >= 15 is 0 Å². The summed E-state index contributed by atoms with van der Waals surface area (Å²) in [6.45, 7) is 0.699. The van der Waals surface area contributed by atoms with Crippen molar-refractivity contribution in [3.63, 3.8) is 0 Å². The molecule has 2 nitrogen and oxygen atoms in total. The first-order valence-electron chi connectivity index (χ1n) is 6.43. The Labute approximate surface area is 111 Å². The molecular formula is C14H17ClFNO. The molecule has 1 saturated heterocycles. The van der Waals surface area contributed by atoms with E-state index in [4.69, 9.17) is 22.1 Å². The van der Waals surface area contributed by atoms with Crippen LogP contribution in [-0.2, 0) is 11.2 Å². The molecule has 0 bridgehead atoms. The van der Waals surface area contributed by atoms with Crippen LogP contribution in [0, 0.1) is 11.7 Å². The Balaban J connectivity index is 1.84. The average Bonchev–Trinajstić information content (AvgIpc) is 3.10. The molecule has 0 aromatic heterocycles. The van der Waals surface area contributed by atoms with Gasteiger partial charge in [0.2, 0.25) is 0 Å². The number of rotatable bonds is 3. The van der Waals surface area contributed by atoms with Gasteiger partial charge in [-0.3, -0.25) is 0 Å². The van der Waals surface area contributed by atoms with Gasteiger partial charge in [-0.25, -0.2) is 4.39 Å². The molecule has 1 aliphatic heterocycles. The number of nitrogens with two attached hydrogens (primary N) is 1. The van der Waals surface area contributed by atoms with Crippen molar-refractivity contribution >= 4 is 11.6 Å². The monoisotopic (exact) mass is 269 g/mol. The Morgan fingerprint density at radius 2 is 2.22 bits per heavy atom. The van der Waals surface area contributed by atoms with Crippen molar-refractivity contribution in [1.82, 2.24) is 0 Å². The van der Waals surface area contributed by atoms with Crippen molar-refractivity contribution < 1.29 is 9.13 Å². The lowest BCUT2D eigenvalue weighted by molar-refractivity contribution is 0.0626. The topological polar surface area (TPSA) is 35.2 Å². The van der Waals surface area contributed by atoms with Crippen LogP contribution in [0.4, 0.5) is 4.39 Å².